The van der Waals surface area contributed by atoms with Crippen molar-refractivity contribution in [2.45, 2.75) is 13.2 Å². The summed E-state index contributed by atoms with van der Waals surface area (Å²) in [6.07, 6.45) is 0. The number of carbonyl (C=O) groups excluding carboxylic acids is 1. The Morgan fingerprint density at radius 1 is 0.962 bits per heavy atom. The fraction of sp³-hybridized carbons (Fsp3) is 0.105. The van der Waals surface area contributed by atoms with Gasteiger partial charge in [0.25, 0.3) is 5.91 Å². The van der Waals surface area contributed by atoms with Crippen LogP contribution in [0.25, 0.3) is 0 Å². The van der Waals surface area contributed by atoms with E-state index in [1.165, 1.54) is 30.3 Å². The lowest BCUT2D eigenvalue weighted by molar-refractivity contribution is 0.0919. The van der Waals surface area contributed by atoms with Gasteiger partial charge in [-0.2, -0.15) is 0 Å². The highest BCUT2D eigenvalue weighted by molar-refractivity contribution is 5.91. The molecule has 0 aliphatic heterocycles. The van der Waals surface area contributed by atoms with Crippen molar-refractivity contribution in [3.63, 3.8) is 0 Å². The molecule has 3 rings (SSSR count). The first-order valence-electron chi connectivity index (χ1n) is 7.70. The molecule has 134 valence electrons. The van der Waals surface area contributed by atoms with Crippen molar-refractivity contribution in [3.8, 4) is 5.75 Å². The normalized spacial score (nSPS) is 10.6. The van der Waals surface area contributed by atoms with E-state index < -0.39 is 17.5 Å². The van der Waals surface area contributed by atoms with Crippen molar-refractivity contribution in [1.29, 1.82) is 0 Å². The van der Waals surface area contributed by atoms with Crippen LogP contribution in [0.1, 0.15) is 21.9 Å². The Balaban J connectivity index is 1.55. The third kappa shape index (κ3) is 4.44. The lowest BCUT2D eigenvalue weighted by Crippen LogP contribution is -2.22. The predicted octanol–water partition coefficient (Wildman–Crippen LogP) is 4.21. The van der Waals surface area contributed by atoms with Gasteiger partial charge in [0.1, 0.15) is 24.0 Å². The van der Waals surface area contributed by atoms with Gasteiger partial charge in [-0.3, -0.25) is 4.79 Å². The maximum atomic E-state index is 13.5. The number of nitrogens with one attached hydrogen (secondary N) is 1. The number of halogens is 3. The van der Waals surface area contributed by atoms with Crippen LogP contribution in [0.2, 0.25) is 0 Å². The Morgan fingerprint density at radius 2 is 1.69 bits per heavy atom. The van der Waals surface area contributed by atoms with Crippen LogP contribution >= 0.6 is 0 Å². The Labute approximate surface area is 147 Å². The van der Waals surface area contributed by atoms with Crippen molar-refractivity contribution in [2.75, 3.05) is 0 Å². The summed E-state index contributed by atoms with van der Waals surface area (Å²) in [6, 6.07) is 11.7. The fourth-order valence-corrected chi connectivity index (χ4v) is 2.19. The van der Waals surface area contributed by atoms with E-state index in [0.717, 1.165) is 11.6 Å². The van der Waals surface area contributed by atoms with Gasteiger partial charge in [0.2, 0.25) is 0 Å². The summed E-state index contributed by atoms with van der Waals surface area (Å²) in [7, 11) is 0. The summed E-state index contributed by atoms with van der Waals surface area (Å²) in [6.45, 7) is 0.0975. The molecule has 1 N–H and O–H groups in total. The summed E-state index contributed by atoms with van der Waals surface area (Å²) in [5.41, 5.74) is 0.738. The van der Waals surface area contributed by atoms with E-state index in [1.54, 1.807) is 12.1 Å². The molecule has 1 aromatic heterocycles. The zero-order chi connectivity index (χ0) is 18.5. The van der Waals surface area contributed by atoms with E-state index >= 15 is 0 Å². The minimum atomic E-state index is -0.825. The highest BCUT2D eigenvalue weighted by Gasteiger charge is 2.12. The average Bonchev–Trinajstić information content (AvgIpc) is 3.09. The smallest absolute Gasteiger partial charge is 0.287 e. The van der Waals surface area contributed by atoms with Crippen LogP contribution in [0.4, 0.5) is 13.2 Å². The minimum absolute atomic E-state index is 0.0605. The van der Waals surface area contributed by atoms with E-state index in [1.807, 2.05) is 0 Å². The molecule has 26 heavy (non-hydrogen) atoms. The van der Waals surface area contributed by atoms with Crippen molar-refractivity contribution >= 4 is 5.91 Å². The second kappa shape index (κ2) is 7.77. The highest BCUT2D eigenvalue weighted by Crippen LogP contribution is 2.19. The van der Waals surface area contributed by atoms with E-state index in [9.17, 15) is 18.0 Å². The van der Waals surface area contributed by atoms with E-state index in [4.69, 9.17) is 9.15 Å². The van der Waals surface area contributed by atoms with Crippen LogP contribution < -0.4 is 10.1 Å². The summed E-state index contributed by atoms with van der Waals surface area (Å²) < 4.78 is 49.7. The van der Waals surface area contributed by atoms with Gasteiger partial charge in [0.15, 0.2) is 17.3 Å². The molecule has 2 aromatic carbocycles. The predicted molar refractivity (Wildman–Crippen MR) is 87.0 cm³/mol. The van der Waals surface area contributed by atoms with Gasteiger partial charge in [0.05, 0.1) is 0 Å². The third-order valence-electron chi connectivity index (χ3n) is 3.52. The maximum Gasteiger partial charge on any atom is 0.287 e. The molecule has 1 heterocycles. The van der Waals surface area contributed by atoms with Crippen molar-refractivity contribution in [2.24, 2.45) is 0 Å². The number of ether oxygens (including phenoxy) is 1. The van der Waals surface area contributed by atoms with Crippen LogP contribution in [0.15, 0.2) is 59.0 Å². The SMILES string of the molecule is O=C(NCc1ccc(F)cc1)c1ccc(COc2ccc(F)cc2F)o1. The Hall–Kier alpha value is -3.22. The monoisotopic (exact) mass is 361 g/mol. The summed E-state index contributed by atoms with van der Waals surface area (Å²) >= 11 is 0. The van der Waals surface area contributed by atoms with Gasteiger partial charge in [-0.05, 0) is 42.0 Å². The fourth-order valence-electron chi connectivity index (χ4n) is 2.19. The molecular weight excluding hydrogens is 347 g/mol. The summed E-state index contributed by atoms with van der Waals surface area (Å²) in [5.74, 6) is -2.08. The molecule has 0 atom stereocenters. The number of furan rings is 1. The van der Waals surface area contributed by atoms with Gasteiger partial charge in [-0.25, -0.2) is 13.2 Å². The molecule has 0 aliphatic carbocycles. The second-order valence-electron chi connectivity index (χ2n) is 5.44. The topological polar surface area (TPSA) is 51.5 Å². The molecule has 0 saturated heterocycles. The number of carbonyl (C=O) groups is 1. The van der Waals surface area contributed by atoms with Crippen LogP contribution in [-0.2, 0) is 13.2 Å². The first-order chi connectivity index (χ1) is 12.5. The lowest BCUT2D eigenvalue weighted by Gasteiger charge is -2.05. The molecule has 0 spiro atoms. The zero-order valence-electron chi connectivity index (χ0n) is 13.5. The third-order valence-corrected chi connectivity index (χ3v) is 3.52. The number of amides is 1. The van der Waals surface area contributed by atoms with E-state index in [-0.39, 0.29) is 30.5 Å². The van der Waals surface area contributed by atoms with Crippen LogP contribution in [0, 0.1) is 17.5 Å². The molecule has 0 aliphatic rings. The first kappa shape index (κ1) is 17.6. The molecule has 4 nitrogen and oxygen atoms in total. The number of hydrogen-bond acceptors (Lipinski definition) is 3. The van der Waals surface area contributed by atoms with Crippen LogP contribution in [-0.4, -0.2) is 5.91 Å². The molecular formula is C19H14F3NO3. The van der Waals surface area contributed by atoms with Crippen molar-refractivity contribution < 1.29 is 27.1 Å². The quantitative estimate of drug-likeness (QED) is 0.716. The molecule has 1 amide bonds. The number of hydrogen-bond donors (Lipinski definition) is 1. The van der Waals surface area contributed by atoms with Gasteiger partial charge in [-0.1, -0.05) is 12.1 Å². The molecule has 0 bridgehead atoms. The minimum Gasteiger partial charge on any atom is -0.483 e. The van der Waals surface area contributed by atoms with E-state index in [2.05, 4.69) is 5.32 Å². The van der Waals surface area contributed by atoms with Crippen molar-refractivity contribution in [3.05, 3.63) is 89.1 Å². The lowest BCUT2D eigenvalue weighted by atomic mass is 10.2. The zero-order valence-corrected chi connectivity index (χ0v) is 13.5. The maximum absolute atomic E-state index is 13.5. The highest BCUT2D eigenvalue weighted by atomic mass is 19.1. The van der Waals surface area contributed by atoms with Crippen LogP contribution in [0.3, 0.4) is 0 Å². The van der Waals surface area contributed by atoms with Gasteiger partial charge in [0, 0.05) is 12.6 Å². The summed E-state index contributed by atoms with van der Waals surface area (Å²) in [5, 5.41) is 2.64. The number of benzene rings is 2. The Morgan fingerprint density at radius 3 is 2.42 bits per heavy atom. The van der Waals surface area contributed by atoms with Gasteiger partial charge in [-0.15, -0.1) is 0 Å². The molecule has 7 heteroatoms. The molecule has 0 radical (unpaired) electrons. The summed E-state index contributed by atoms with van der Waals surface area (Å²) in [4.78, 5) is 12.0. The van der Waals surface area contributed by atoms with E-state index in [0.29, 0.717) is 11.8 Å². The Bertz CT molecular complexity index is 907. The first-order valence-corrected chi connectivity index (χ1v) is 7.70. The second-order valence-corrected chi connectivity index (χ2v) is 5.44. The molecule has 0 fully saturated rings. The van der Waals surface area contributed by atoms with Crippen LogP contribution in [0.5, 0.6) is 5.75 Å². The molecule has 3 aromatic rings. The molecule has 0 saturated carbocycles. The van der Waals surface area contributed by atoms with Gasteiger partial charge < -0.3 is 14.5 Å². The largest absolute Gasteiger partial charge is 0.483 e. The van der Waals surface area contributed by atoms with Crippen molar-refractivity contribution in [1.82, 2.24) is 5.32 Å². The molecule has 0 unspecified atom stereocenters. The standard InChI is InChI=1S/C19H14F3NO3/c20-13-3-1-12(2-4-13)10-23-19(24)18-8-6-15(26-18)11-25-17-7-5-14(21)9-16(17)22/h1-9H,10-11H2,(H,23,24). The Kier molecular flexibility index (Phi) is 5.26. The average molecular weight is 361 g/mol. The number of rotatable bonds is 6. The van der Waals surface area contributed by atoms with Gasteiger partial charge >= 0.3 is 0 Å².